The molecule has 2 aromatic carbocycles. The predicted molar refractivity (Wildman–Crippen MR) is 144 cm³/mol. The highest BCUT2D eigenvalue weighted by Gasteiger charge is 2.90. The molecule has 0 atom stereocenters. The Labute approximate surface area is 304 Å². The summed E-state index contributed by atoms with van der Waals surface area (Å²) >= 11 is 0. The second-order valence-corrected chi connectivity index (χ2v) is 11.2. The van der Waals surface area contributed by atoms with Gasteiger partial charge in [-0.3, -0.25) is 9.59 Å². The number of nitrogens with one attached hydrogen (secondary N) is 2. The lowest BCUT2D eigenvalue weighted by Crippen LogP contribution is -2.70. The fraction of sp³-hybridized carbons (Fsp3) is 0.500. The number of alkyl halides is 24. The van der Waals surface area contributed by atoms with Crippen LogP contribution in [0.5, 0.6) is 11.5 Å². The Morgan fingerprint density at radius 1 is 0.448 bits per heavy atom. The highest BCUT2D eigenvalue weighted by Crippen LogP contribution is 2.60. The Kier molecular flexibility index (Phi) is 12.9. The van der Waals surface area contributed by atoms with Gasteiger partial charge in [-0.1, -0.05) is 12.1 Å². The van der Waals surface area contributed by atoms with Crippen LogP contribution in [-0.4, -0.2) is 98.1 Å². The normalized spacial score (nSPS) is 14.5. The largest absolute Gasteiger partial charge is 0.495 e. The Bertz CT molecular complexity index is 1720. The van der Waals surface area contributed by atoms with Gasteiger partial charge in [-0.2, -0.15) is 87.8 Å². The molecule has 2 aromatic rings. The van der Waals surface area contributed by atoms with Crippen LogP contribution in [0, 0.1) is 0 Å². The van der Waals surface area contributed by atoms with E-state index in [1.807, 2.05) is 0 Å². The standard InChI is InChI=1S/C28H16F24N2O4/c1-57-13-7-9(3-5-11(13)53-17(55)21(37,38)25(45,46)27(49,50)23(41,42)19(33,34)15(29)30)10-4-6-12(14(8-10)58-2)54-18(56)22(39,40)26(47,48)28(51,52)24(43,44)20(35,36)16(31)32/h3-8,15-16H,1-2H3,(H,53,55)(H,54,56). The van der Waals surface area contributed by atoms with Crippen LogP contribution in [0.3, 0.4) is 0 Å². The van der Waals surface area contributed by atoms with E-state index in [2.05, 4.69) is 9.47 Å². The first-order chi connectivity index (χ1) is 25.7. The van der Waals surface area contributed by atoms with E-state index in [0.29, 0.717) is 50.6 Å². The van der Waals surface area contributed by atoms with Crippen molar-refractivity contribution >= 4 is 23.2 Å². The summed E-state index contributed by atoms with van der Waals surface area (Å²) in [5.41, 5.74) is -3.32. The van der Waals surface area contributed by atoms with Crippen LogP contribution in [0.1, 0.15) is 0 Å². The zero-order valence-corrected chi connectivity index (χ0v) is 27.3. The van der Waals surface area contributed by atoms with Crippen molar-refractivity contribution in [2.75, 3.05) is 24.9 Å². The van der Waals surface area contributed by atoms with Crippen molar-refractivity contribution in [3.63, 3.8) is 0 Å². The van der Waals surface area contributed by atoms with Gasteiger partial charge in [-0.05, 0) is 35.4 Å². The Morgan fingerprint density at radius 2 is 0.707 bits per heavy atom. The van der Waals surface area contributed by atoms with Gasteiger partial charge < -0.3 is 20.1 Å². The van der Waals surface area contributed by atoms with Crippen LogP contribution in [0.2, 0.25) is 0 Å². The number of carbonyl (C=O) groups excluding carboxylic acids is 2. The molecule has 30 heteroatoms. The number of hydrogen-bond acceptors (Lipinski definition) is 4. The zero-order valence-electron chi connectivity index (χ0n) is 27.3. The average Bonchev–Trinajstić information content (AvgIpc) is 3.10. The number of benzene rings is 2. The summed E-state index contributed by atoms with van der Waals surface area (Å²) in [6.45, 7) is 0. The van der Waals surface area contributed by atoms with Gasteiger partial charge in [-0.25, -0.2) is 17.6 Å². The lowest BCUT2D eigenvalue weighted by Gasteiger charge is -2.38. The van der Waals surface area contributed by atoms with Crippen molar-refractivity contribution in [3.8, 4) is 22.6 Å². The molecule has 2 amide bonds. The zero-order chi connectivity index (χ0) is 45.8. The molecule has 6 nitrogen and oxygen atoms in total. The number of amides is 2. The quantitative estimate of drug-likeness (QED) is 0.155. The number of ether oxygens (including phenoxy) is 2. The fourth-order valence-electron chi connectivity index (χ4n) is 4.12. The summed E-state index contributed by atoms with van der Waals surface area (Å²) in [7, 11) is 1.21. The van der Waals surface area contributed by atoms with Crippen LogP contribution >= 0.6 is 0 Å². The maximum atomic E-state index is 14.3. The van der Waals surface area contributed by atoms with Crippen molar-refractivity contribution in [1.29, 1.82) is 0 Å². The third-order valence-electron chi connectivity index (χ3n) is 7.55. The molecule has 0 fully saturated rings. The summed E-state index contributed by atoms with van der Waals surface area (Å²) in [6.07, 6.45) is -11.6. The van der Waals surface area contributed by atoms with E-state index in [-0.39, 0.29) is 0 Å². The fourth-order valence-corrected chi connectivity index (χ4v) is 4.12. The molecule has 0 heterocycles. The molecule has 0 aliphatic heterocycles. The molecule has 0 aliphatic rings. The minimum Gasteiger partial charge on any atom is -0.495 e. The van der Waals surface area contributed by atoms with Gasteiger partial charge in [0.2, 0.25) is 0 Å². The van der Waals surface area contributed by atoms with Crippen LogP contribution in [0.25, 0.3) is 11.1 Å². The Hall–Kier alpha value is -4.70. The summed E-state index contributed by atoms with van der Waals surface area (Å²) < 4.78 is 334. The van der Waals surface area contributed by atoms with Crippen LogP contribution in [-0.2, 0) is 9.59 Å². The molecule has 0 bridgehead atoms. The highest BCUT2D eigenvalue weighted by atomic mass is 19.4. The van der Waals surface area contributed by atoms with Crippen LogP contribution < -0.4 is 20.1 Å². The first kappa shape index (κ1) is 49.4. The molecule has 0 aromatic heterocycles. The first-order valence-electron chi connectivity index (χ1n) is 14.1. The van der Waals surface area contributed by atoms with Gasteiger partial charge in [0.15, 0.2) is 0 Å². The second-order valence-electron chi connectivity index (χ2n) is 11.2. The predicted octanol–water partition coefficient (Wildman–Crippen LogP) is 10.1. The van der Waals surface area contributed by atoms with Crippen molar-refractivity contribution in [3.05, 3.63) is 36.4 Å². The second kappa shape index (κ2) is 15.2. The van der Waals surface area contributed by atoms with Gasteiger partial charge in [0.05, 0.1) is 25.6 Å². The third-order valence-corrected chi connectivity index (χ3v) is 7.55. The van der Waals surface area contributed by atoms with Crippen molar-refractivity contribution in [1.82, 2.24) is 0 Å². The van der Waals surface area contributed by atoms with E-state index in [1.54, 1.807) is 0 Å². The van der Waals surface area contributed by atoms with E-state index in [0.717, 1.165) is 10.6 Å². The van der Waals surface area contributed by atoms with Crippen LogP contribution in [0.15, 0.2) is 36.4 Å². The maximum Gasteiger partial charge on any atom is 0.393 e. The van der Waals surface area contributed by atoms with E-state index in [4.69, 9.17) is 0 Å². The molecule has 58 heavy (non-hydrogen) atoms. The van der Waals surface area contributed by atoms with E-state index < -0.39 is 118 Å². The molecule has 0 radical (unpaired) electrons. The topological polar surface area (TPSA) is 76.7 Å². The average molecular weight is 900 g/mol. The molecular weight excluding hydrogens is 884 g/mol. The summed E-state index contributed by atoms with van der Waals surface area (Å²) in [4.78, 5) is 23.9. The van der Waals surface area contributed by atoms with Gasteiger partial charge in [0, 0.05) is 0 Å². The Balaban J connectivity index is 2.48. The number of anilines is 2. The lowest BCUT2D eigenvalue weighted by atomic mass is 9.94. The van der Waals surface area contributed by atoms with Gasteiger partial charge in [-0.15, -0.1) is 0 Å². The number of carbonyl (C=O) groups is 2. The number of rotatable bonds is 17. The number of hydrogen-bond donors (Lipinski definition) is 2. The minimum absolute atomic E-state index is 0.357. The van der Waals surface area contributed by atoms with Crippen molar-refractivity contribution in [2.45, 2.75) is 72.1 Å². The summed E-state index contributed by atoms with van der Waals surface area (Å²) in [5, 5.41) is 1.59. The minimum atomic E-state index is -8.07. The smallest absolute Gasteiger partial charge is 0.393 e. The third kappa shape index (κ3) is 7.30. The van der Waals surface area contributed by atoms with Gasteiger partial charge >= 0.3 is 83.9 Å². The molecule has 0 saturated heterocycles. The molecule has 0 unspecified atom stereocenters. The van der Waals surface area contributed by atoms with E-state index in [9.17, 15) is 115 Å². The van der Waals surface area contributed by atoms with E-state index in [1.165, 1.54) is 0 Å². The monoisotopic (exact) mass is 900 g/mol. The van der Waals surface area contributed by atoms with Crippen molar-refractivity contribution < 1.29 is 124 Å². The SMILES string of the molecule is COc1cc(-c2ccc(NC(=O)C(F)(F)C(F)(F)C(F)(F)C(F)(F)C(F)(F)C(F)F)c(OC)c2)ccc1NC(=O)C(F)(F)C(F)(F)C(F)(F)C(F)(F)C(F)(F)C(F)F. The molecule has 0 spiro atoms. The number of halogens is 24. The molecule has 0 aliphatic carbocycles. The number of methoxy groups -OCH3 is 2. The van der Waals surface area contributed by atoms with Crippen molar-refractivity contribution in [2.24, 2.45) is 0 Å². The summed E-state index contributed by atoms with van der Waals surface area (Å²) in [6, 6.07) is 3.07. The first-order valence-corrected chi connectivity index (χ1v) is 14.1. The molecule has 2 N–H and O–H groups in total. The van der Waals surface area contributed by atoms with E-state index >= 15 is 0 Å². The molecule has 2 rings (SSSR count). The van der Waals surface area contributed by atoms with Crippen LogP contribution in [0.4, 0.5) is 117 Å². The van der Waals surface area contributed by atoms with Gasteiger partial charge in [0.25, 0.3) is 0 Å². The lowest BCUT2D eigenvalue weighted by molar-refractivity contribution is -0.406. The molecular formula is C28H16F24N2O4. The molecule has 330 valence electrons. The van der Waals surface area contributed by atoms with Gasteiger partial charge in [0.1, 0.15) is 11.5 Å². The Morgan fingerprint density at radius 3 is 0.931 bits per heavy atom. The summed E-state index contributed by atoms with van der Waals surface area (Å²) in [5.74, 6) is -85.9. The maximum absolute atomic E-state index is 14.3. The molecule has 0 saturated carbocycles. The highest BCUT2D eigenvalue weighted by molar-refractivity contribution is 5.99.